The van der Waals surface area contributed by atoms with Crippen molar-refractivity contribution < 1.29 is 0 Å². The van der Waals surface area contributed by atoms with Crippen LogP contribution in [0.25, 0.3) is 111 Å². The molecule has 0 unspecified atom stereocenters. The second-order valence-electron chi connectivity index (χ2n) is 20.6. The quantitative estimate of drug-likeness (QED) is 0.160. The second-order valence-corrected chi connectivity index (χ2v) is 20.6. The summed E-state index contributed by atoms with van der Waals surface area (Å²) in [6.07, 6.45) is 0. The first-order valence-corrected chi connectivity index (χ1v) is 25.4. The Morgan fingerprint density at radius 3 is 0.919 bits per heavy atom. The summed E-state index contributed by atoms with van der Waals surface area (Å²) in [5.41, 5.74) is 27.4. The van der Waals surface area contributed by atoms with Crippen LogP contribution in [-0.2, 0) is 0 Å². The van der Waals surface area contributed by atoms with E-state index >= 15 is 0 Å². The highest BCUT2D eigenvalue weighted by molar-refractivity contribution is 6.14. The molecule has 74 heavy (non-hydrogen) atoms. The second kappa shape index (κ2) is 17.8. The normalized spacial score (nSPS) is 11.5. The van der Waals surface area contributed by atoms with E-state index in [1.54, 1.807) is 0 Å². The molecule has 2 aromatic heterocycles. The van der Waals surface area contributed by atoms with Crippen LogP contribution in [0.4, 0.5) is 0 Å². The Balaban J connectivity index is 1.26. The molecule has 0 fully saturated rings. The minimum absolute atomic E-state index is 0.521. The number of nitrogens with zero attached hydrogens (tertiary/aromatic N) is 4. The number of benzene rings is 10. The zero-order valence-corrected chi connectivity index (χ0v) is 43.1. The Morgan fingerprint density at radius 1 is 0.297 bits per heavy atom. The van der Waals surface area contributed by atoms with Gasteiger partial charge in [-0.1, -0.05) is 156 Å². The zero-order chi connectivity index (χ0) is 51.1. The third kappa shape index (κ3) is 7.67. The van der Waals surface area contributed by atoms with Gasteiger partial charge >= 0.3 is 0 Å². The molecular weight excluding hydrogens is 897 g/mol. The van der Waals surface area contributed by atoms with Gasteiger partial charge in [-0.05, 0) is 176 Å². The van der Waals surface area contributed by atoms with Crippen molar-refractivity contribution in [2.24, 2.45) is 0 Å². The maximum atomic E-state index is 11.3. The van der Waals surface area contributed by atoms with Gasteiger partial charge in [0, 0.05) is 27.1 Å². The first-order chi connectivity index (χ1) is 35.8. The zero-order valence-electron chi connectivity index (χ0n) is 43.1. The fraction of sp³-hybridized carbons (Fsp3) is 0.114. The monoisotopic (exact) mass is 950 g/mol. The number of aryl methyl sites for hydroxylation is 8. The van der Waals surface area contributed by atoms with Crippen molar-refractivity contribution in [1.29, 1.82) is 10.5 Å². The molecule has 354 valence electrons. The average molecular weight is 951 g/mol. The lowest BCUT2D eigenvalue weighted by atomic mass is 9.96. The molecule has 0 aliphatic carbocycles. The standard InChI is InChI=1S/C70H54N4/c1-41-12-20-56(45(5)28-41)51-16-24-60-61-25-17-52(57-21-13-42(2)29-46(57)6)36-65(61)73(64(60)35-51)68-33-50(40-72)34-69(70(68)55-11-9-10-49(32-55)39-71)74-66-37-53(58-22-14-43(3)30-47(58)7)18-26-62(66)63-27-19-54(38-67(63)74)59-23-15-44(4)31-48(59)8/h9-38H,1-8H3. The van der Waals surface area contributed by atoms with Crippen molar-refractivity contribution >= 4 is 43.6 Å². The predicted octanol–water partition coefficient (Wildman–Crippen LogP) is 18.4. The van der Waals surface area contributed by atoms with Gasteiger partial charge < -0.3 is 9.13 Å². The lowest BCUT2D eigenvalue weighted by Crippen LogP contribution is -2.05. The van der Waals surface area contributed by atoms with Crippen LogP contribution in [0.15, 0.2) is 182 Å². The van der Waals surface area contributed by atoms with Gasteiger partial charge in [0.05, 0.1) is 56.7 Å². The topological polar surface area (TPSA) is 57.4 Å². The highest BCUT2D eigenvalue weighted by Gasteiger charge is 2.25. The summed E-state index contributed by atoms with van der Waals surface area (Å²) in [6.45, 7) is 17.3. The van der Waals surface area contributed by atoms with E-state index in [0.717, 1.165) is 88.4 Å². The molecule has 12 rings (SSSR count). The third-order valence-corrected chi connectivity index (χ3v) is 15.3. The van der Waals surface area contributed by atoms with Crippen molar-refractivity contribution in [3.63, 3.8) is 0 Å². The minimum Gasteiger partial charge on any atom is -0.308 e. The molecule has 0 bridgehead atoms. The Labute approximate surface area is 433 Å². The van der Waals surface area contributed by atoms with Crippen LogP contribution in [0.3, 0.4) is 0 Å². The molecule has 0 amide bonds. The number of fused-ring (bicyclic) bond motifs is 6. The summed E-state index contributed by atoms with van der Waals surface area (Å²) < 4.78 is 4.78. The van der Waals surface area contributed by atoms with Crippen LogP contribution in [0.5, 0.6) is 0 Å². The van der Waals surface area contributed by atoms with E-state index in [4.69, 9.17) is 0 Å². The lowest BCUT2D eigenvalue weighted by Gasteiger charge is -2.22. The van der Waals surface area contributed by atoms with Gasteiger partial charge in [0.1, 0.15) is 0 Å². The summed E-state index contributed by atoms with van der Waals surface area (Å²) >= 11 is 0. The van der Waals surface area contributed by atoms with Gasteiger partial charge in [-0.15, -0.1) is 0 Å². The van der Waals surface area contributed by atoms with E-state index in [-0.39, 0.29) is 0 Å². The number of aromatic nitrogens is 2. The highest BCUT2D eigenvalue weighted by atomic mass is 15.0. The van der Waals surface area contributed by atoms with E-state index < -0.39 is 0 Å². The van der Waals surface area contributed by atoms with Gasteiger partial charge in [-0.25, -0.2) is 0 Å². The maximum absolute atomic E-state index is 11.3. The van der Waals surface area contributed by atoms with Gasteiger partial charge in [0.2, 0.25) is 0 Å². The third-order valence-electron chi connectivity index (χ3n) is 15.3. The molecule has 0 N–H and O–H groups in total. The summed E-state index contributed by atoms with van der Waals surface area (Å²) in [5, 5.41) is 26.3. The molecule has 0 aliphatic rings. The van der Waals surface area contributed by atoms with Crippen LogP contribution in [0.2, 0.25) is 0 Å². The number of hydrogen-bond acceptors (Lipinski definition) is 2. The Kier molecular flexibility index (Phi) is 11.0. The van der Waals surface area contributed by atoms with E-state index in [0.29, 0.717) is 11.1 Å². The van der Waals surface area contributed by atoms with E-state index in [2.05, 4.69) is 240 Å². The molecule has 0 aliphatic heterocycles. The predicted molar refractivity (Wildman–Crippen MR) is 310 cm³/mol. The Morgan fingerprint density at radius 2 is 0.622 bits per heavy atom. The average Bonchev–Trinajstić information content (AvgIpc) is 3.90. The fourth-order valence-electron chi connectivity index (χ4n) is 11.8. The van der Waals surface area contributed by atoms with Gasteiger partial charge in [0.25, 0.3) is 0 Å². The lowest BCUT2D eigenvalue weighted by molar-refractivity contribution is 1.13. The molecule has 0 spiro atoms. The Bertz CT molecular complexity index is 3960. The summed E-state index contributed by atoms with van der Waals surface area (Å²) in [6, 6.07) is 71.1. The van der Waals surface area contributed by atoms with Gasteiger partial charge in [-0.3, -0.25) is 0 Å². The summed E-state index contributed by atoms with van der Waals surface area (Å²) in [5.74, 6) is 0. The van der Waals surface area contributed by atoms with Crippen LogP contribution in [-0.4, -0.2) is 9.13 Å². The minimum atomic E-state index is 0.521. The molecule has 0 radical (unpaired) electrons. The van der Waals surface area contributed by atoms with Crippen LogP contribution in [0.1, 0.15) is 55.6 Å². The van der Waals surface area contributed by atoms with Crippen LogP contribution in [0, 0.1) is 78.1 Å². The SMILES string of the molecule is Cc1ccc(-c2ccc3c4ccc(-c5ccc(C)cc5C)cc4n(-c4cc(C#N)cc(-n5c6cc(-c7ccc(C)cc7C)ccc6c6ccc(-c7ccc(C)cc7C)cc65)c4-c4cccc(C#N)c4)c3c2)c(C)c1. The van der Waals surface area contributed by atoms with Crippen molar-refractivity contribution in [2.45, 2.75) is 55.4 Å². The Hall–Kier alpha value is -9.22. The number of hydrogen-bond donors (Lipinski definition) is 0. The van der Waals surface area contributed by atoms with Crippen molar-refractivity contribution in [3.8, 4) is 79.1 Å². The van der Waals surface area contributed by atoms with E-state index in [1.165, 1.54) is 66.8 Å². The van der Waals surface area contributed by atoms with E-state index in [9.17, 15) is 10.5 Å². The molecule has 4 heteroatoms. The molecule has 10 aromatic carbocycles. The first kappa shape index (κ1) is 45.9. The highest BCUT2D eigenvalue weighted by Crippen LogP contribution is 2.46. The molecule has 0 atom stereocenters. The van der Waals surface area contributed by atoms with E-state index in [1.807, 2.05) is 18.2 Å². The number of rotatable bonds is 7. The molecule has 0 saturated carbocycles. The molecular formula is C70H54N4. The van der Waals surface area contributed by atoms with Crippen molar-refractivity contribution in [1.82, 2.24) is 9.13 Å². The molecule has 4 nitrogen and oxygen atoms in total. The molecule has 12 aromatic rings. The first-order valence-electron chi connectivity index (χ1n) is 25.4. The van der Waals surface area contributed by atoms with Crippen molar-refractivity contribution in [3.05, 3.63) is 238 Å². The smallest absolute Gasteiger partial charge is 0.0993 e. The molecule has 2 heterocycles. The summed E-state index contributed by atoms with van der Waals surface area (Å²) in [7, 11) is 0. The number of nitriles is 2. The largest absolute Gasteiger partial charge is 0.308 e. The van der Waals surface area contributed by atoms with Gasteiger partial charge in [-0.2, -0.15) is 10.5 Å². The van der Waals surface area contributed by atoms with Crippen LogP contribution < -0.4 is 0 Å². The van der Waals surface area contributed by atoms with Gasteiger partial charge in [0.15, 0.2) is 0 Å². The van der Waals surface area contributed by atoms with Crippen LogP contribution >= 0.6 is 0 Å². The van der Waals surface area contributed by atoms with Crippen molar-refractivity contribution in [2.75, 3.05) is 0 Å². The maximum Gasteiger partial charge on any atom is 0.0993 e. The molecule has 0 saturated heterocycles. The fourth-order valence-corrected chi connectivity index (χ4v) is 11.8. The summed E-state index contributed by atoms with van der Waals surface area (Å²) in [4.78, 5) is 0.